The highest BCUT2D eigenvalue weighted by Gasteiger charge is 2.30. The first-order valence-electron chi connectivity index (χ1n) is 9.72. The summed E-state index contributed by atoms with van der Waals surface area (Å²) in [5.41, 5.74) is 4.37. The Morgan fingerprint density at radius 1 is 0.800 bits per heavy atom. The van der Waals surface area contributed by atoms with Crippen LogP contribution in [0.1, 0.15) is 77.8 Å². The zero-order chi connectivity index (χ0) is 18.5. The molecule has 1 unspecified atom stereocenters. The van der Waals surface area contributed by atoms with Crippen molar-refractivity contribution < 1.29 is 0 Å². The molecule has 25 heavy (non-hydrogen) atoms. The third-order valence-corrected chi connectivity index (χ3v) is 5.43. The first-order chi connectivity index (χ1) is 11.8. The third kappa shape index (κ3) is 5.11. The molecule has 0 aliphatic heterocycles. The highest BCUT2D eigenvalue weighted by molar-refractivity contribution is 5.48. The highest BCUT2D eigenvalue weighted by Crippen LogP contribution is 2.43. The van der Waals surface area contributed by atoms with Crippen molar-refractivity contribution in [1.29, 1.82) is 0 Å². The molecule has 0 heterocycles. The van der Waals surface area contributed by atoms with Crippen LogP contribution in [0.3, 0.4) is 0 Å². The van der Waals surface area contributed by atoms with Gasteiger partial charge in [-0.2, -0.15) is 0 Å². The molecule has 0 saturated carbocycles. The van der Waals surface area contributed by atoms with E-state index in [1.54, 1.807) is 0 Å². The van der Waals surface area contributed by atoms with Gasteiger partial charge in [-0.1, -0.05) is 83.0 Å². The molecule has 0 aliphatic carbocycles. The molecule has 1 N–H and O–H groups in total. The zero-order valence-corrected chi connectivity index (χ0v) is 16.9. The summed E-state index contributed by atoms with van der Waals surface area (Å²) in [4.78, 5) is 0. The number of hydrogen-bond donors (Lipinski definition) is 1. The monoisotopic (exact) mass is 337 g/mol. The molecule has 136 valence electrons. The van der Waals surface area contributed by atoms with Crippen molar-refractivity contribution in [1.82, 2.24) is 0 Å². The molecule has 0 saturated heterocycles. The molecule has 2 rings (SSSR count). The molecule has 0 bridgehead atoms. The molecule has 0 fully saturated rings. The highest BCUT2D eigenvalue weighted by atomic mass is 15.0. The lowest BCUT2D eigenvalue weighted by molar-refractivity contribution is 0.305. The van der Waals surface area contributed by atoms with Gasteiger partial charge in [0, 0.05) is 17.1 Å². The Kier molecular flexibility index (Phi) is 6.32. The maximum Gasteiger partial charge on any atom is 0.0344 e. The van der Waals surface area contributed by atoms with Crippen molar-refractivity contribution in [2.75, 3.05) is 5.32 Å². The van der Waals surface area contributed by atoms with Gasteiger partial charge >= 0.3 is 0 Å². The van der Waals surface area contributed by atoms with E-state index in [1.807, 2.05) is 0 Å². The summed E-state index contributed by atoms with van der Waals surface area (Å²) in [5, 5.41) is 3.68. The van der Waals surface area contributed by atoms with Crippen LogP contribution in [-0.2, 0) is 0 Å². The van der Waals surface area contributed by atoms with E-state index in [9.17, 15) is 0 Å². The van der Waals surface area contributed by atoms with E-state index >= 15 is 0 Å². The summed E-state index contributed by atoms with van der Waals surface area (Å²) >= 11 is 0. The van der Waals surface area contributed by atoms with Crippen molar-refractivity contribution >= 4 is 5.69 Å². The number of benzene rings is 2. The molecule has 0 aromatic heterocycles. The second kappa shape index (κ2) is 8.08. The molecule has 0 amide bonds. The molecular formula is C24H35N. The fraction of sp³-hybridized carbons (Fsp3) is 0.500. The quantitative estimate of drug-likeness (QED) is 0.535. The largest absolute Gasteiger partial charge is 0.380 e. The average Bonchev–Trinajstić information content (AvgIpc) is 2.57. The molecule has 0 radical (unpaired) electrons. The van der Waals surface area contributed by atoms with Crippen LogP contribution in [-0.4, -0.2) is 5.54 Å². The Morgan fingerprint density at radius 2 is 1.36 bits per heavy atom. The van der Waals surface area contributed by atoms with Crippen LogP contribution in [0.5, 0.6) is 0 Å². The van der Waals surface area contributed by atoms with E-state index in [1.165, 1.54) is 29.7 Å². The smallest absolute Gasteiger partial charge is 0.0344 e. The van der Waals surface area contributed by atoms with Crippen molar-refractivity contribution in [3.63, 3.8) is 0 Å². The van der Waals surface area contributed by atoms with Gasteiger partial charge in [0.25, 0.3) is 0 Å². The lowest BCUT2D eigenvalue weighted by Gasteiger charge is -2.35. The van der Waals surface area contributed by atoms with Crippen LogP contribution < -0.4 is 5.32 Å². The van der Waals surface area contributed by atoms with E-state index in [-0.39, 0.29) is 11.0 Å². The molecule has 1 nitrogen and oxygen atoms in total. The van der Waals surface area contributed by atoms with E-state index in [2.05, 4.69) is 101 Å². The van der Waals surface area contributed by atoms with Crippen molar-refractivity contribution in [3.05, 3.63) is 65.7 Å². The van der Waals surface area contributed by atoms with Crippen molar-refractivity contribution in [2.45, 2.75) is 72.3 Å². The lowest BCUT2D eigenvalue weighted by Crippen LogP contribution is -2.30. The summed E-state index contributed by atoms with van der Waals surface area (Å²) in [6, 6.07) is 20.0. The molecule has 1 atom stereocenters. The van der Waals surface area contributed by atoms with Crippen LogP contribution in [0.25, 0.3) is 0 Å². The van der Waals surface area contributed by atoms with Crippen LogP contribution in [0.4, 0.5) is 5.69 Å². The predicted octanol–water partition coefficient (Wildman–Crippen LogP) is 7.25. The van der Waals surface area contributed by atoms with Gasteiger partial charge in [0.1, 0.15) is 0 Å². The van der Waals surface area contributed by atoms with E-state index in [4.69, 9.17) is 0 Å². The number of anilines is 1. The van der Waals surface area contributed by atoms with Crippen LogP contribution in [0.15, 0.2) is 54.6 Å². The first-order valence-corrected chi connectivity index (χ1v) is 9.72. The van der Waals surface area contributed by atoms with E-state index in [0.717, 1.165) is 6.42 Å². The third-order valence-electron chi connectivity index (χ3n) is 5.43. The summed E-state index contributed by atoms with van der Waals surface area (Å²) in [7, 11) is 0. The van der Waals surface area contributed by atoms with Gasteiger partial charge < -0.3 is 5.32 Å². The second-order valence-corrected chi connectivity index (χ2v) is 8.57. The summed E-state index contributed by atoms with van der Waals surface area (Å²) < 4.78 is 0. The van der Waals surface area contributed by atoms with E-state index in [0.29, 0.717) is 5.92 Å². The summed E-state index contributed by atoms with van der Waals surface area (Å²) in [6.07, 6.45) is 3.51. The van der Waals surface area contributed by atoms with Crippen molar-refractivity contribution in [2.24, 2.45) is 5.41 Å². The molecular weight excluding hydrogens is 302 g/mol. The molecule has 1 heteroatoms. The van der Waals surface area contributed by atoms with Gasteiger partial charge in [-0.3, -0.25) is 0 Å². The minimum absolute atomic E-state index is 0.137. The first kappa shape index (κ1) is 19.6. The minimum atomic E-state index is 0.137. The van der Waals surface area contributed by atoms with Crippen LogP contribution >= 0.6 is 0 Å². The van der Waals surface area contributed by atoms with Gasteiger partial charge in [-0.25, -0.2) is 0 Å². The van der Waals surface area contributed by atoms with Gasteiger partial charge in [0.05, 0.1) is 0 Å². The zero-order valence-electron chi connectivity index (χ0n) is 16.9. The minimum Gasteiger partial charge on any atom is -0.380 e. The average molecular weight is 338 g/mol. The number of hydrogen-bond acceptors (Lipinski definition) is 1. The summed E-state index contributed by atoms with van der Waals surface area (Å²) in [5.74, 6) is 0.413. The Balaban J connectivity index is 2.30. The van der Waals surface area contributed by atoms with Crippen molar-refractivity contribution in [3.8, 4) is 0 Å². The maximum absolute atomic E-state index is 3.68. The Labute approximate surface area is 154 Å². The molecule has 0 spiro atoms. The van der Waals surface area contributed by atoms with Gasteiger partial charge in [-0.05, 0) is 48.9 Å². The SMILES string of the molecule is CCCC(C)(C)Nc1ccc(C(c2ccccc2)C(C)(C)CC)cc1. The predicted molar refractivity (Wildman–Crippen MR) is 111 cm³/mol. The Hall–Kier alpha value is -1.76. The van der Waals surface area contributed by atoms with Gasteiger partial charge in [-0.15, -0.1) is 0 Å². The van der Waals surface area contributed by atoms with Crippen LogP contribution in [0.2, 0.25) is 0 Å². The molecule has 2 aromatic rings. The Morgan fingerprint density at radius 3 is 1.88 bits per heavy atom. The van der Waals surface area contributed by atoms with Gasteiger partial charge in [0.2, 0.25) is 0 Å². The van der Waals surface area contributed by atoms with Crippen LogP contribution in [0, 0.1) is 5.41 Å². The molecule has 0 aliphatic rings. The topological polar surface area (TPSA) is 12.0 Å². The second-order valence-electron chi connectivity index (χ2n) is 8.57. The van der Waals surface area contributed by atoms with E-state index < -0.39 is 0 Å². The fourth-order valence-corrected chi connectivity index (χ4v) is 3.78. The van der Waals surface area contributed by atoms with Gasteiger partial charge in [0.15, 0.2) is 0 Å². The number of rotatable bonds is 8. The Bertz CT molecular complexity index is 638. The maximum atomic E-state index is 3.68. The standard InChI is InChI=1S/C24H35N/c1-7-18-24(5,6)25-21-16-14-20(15-17-21)22(23(3,4)8-2)19-12-10-9-11-13-19/h9-17,22,25H,7-8,18H2,1-6H3. The fourth-order valence-electron chi connectivity index (χ4n) is 3.78. The molecule has 2 aromatic carbocycles. The summed E-state index contributed by atoms with van der Waals surface area (Å²) in [6.45, 7) is 13.8. The lowest BCUT2D eigenvalue weighted by atomic mass is 9.70. The normalized spacial score (nSPS) is 13.5. The number of nitrogens with one attached hydrogen (secondary N) is 1.